The zero-order valence-corrected chi connectivity index (χ0v) is 26.0. The topological polar surface area (TPSA) is 169 Å². The normalized spacial score (nSPS) is 13.5. The molecule has 0 saturated carbocycles. The molecule has 238 valence electrons. The SMILES string of the molecule is C=CCOc1ccc(C[C@H](NC(=O)[C@@H](CCC(C)N=C(N)N)NC(=O)CC2c3ccccc3-c3ccccc32)C(=O)O)cc1.Cl. The van der Waals surface area contributed by atoms with Gasteiger partial charge in [-0.3, -0.25) is 14.6 Å². The lowest BCUT2D eigenvalue weighted by Crippen LogP contribution is -2.52. The van der Waals surface area contributed by atoms with E-state index in [1.165, 1.54) is 0 Å². The zero-order chi connectivity index (χ0) is 31.6. The lowest BCUT2D eigenvalue weighted by atomic mass is 9.93. The number of nitrogens with one attached hydrogen (secondary N) is 2. The molecule has 11 heteroatoms. The summed E-state index contributed by atoms with van der Waals surface area (Å²) in [5.74, 6) is -1.73. The second-order valence-electron chi connectivity index (χ2n) is 10.9. The Balaban J connectivity index is 0.00000552. The van der Waals surface area contributed by atoms with Crippen LogP contribution in [0.4, 0.5) is 0 Å². The monoisotopic (exact) mass is 633 g/mol. The Labute approximate surface area is 269 Å². The van der Waals surface area contributed by atoms with Crippen molar-refractivity contribution in [2.24, 2.45) is 16.5 Å². The quantitative estimate of drug-likeness (QED) is 0.0960. The minimum Gasteiger partial charge on any atom is -0.490 e. The van der Waals surface area contributed by atoms with Crippen LogP contribution >= 0.6 is 12.4 Å². The maximum absolute atomic E-state index is 13.5. The van der Waals surface area contributed by atoms with Crippen molar-refractivity contribution < 1.29 is 24.2 Å². The molecule has 0 bridgehead atoms. The number of hydrogen-bond donors (Lipinski definition) is 5. The first-order chi connectivity index (χ1) is 21.2. The van der Waals surface area contributed by atoms with E-state index >= 15 is 0 Å². The third-order valence-corrected chi connectivity index (χ3v) is 7.59. The van der Waals surface area contributed by atoms with E-state index in [0.717, 1.165) is 22.3 Å². The number of benzene rings is 3. The number of hydrogen-bond acceptors (Lipinski definition) is 5. The Kier molecular flexibility index (Phi) is 12.6. The number of rotatable bonds is 15. The van der Waals surface area contributed by atoms with Gasteiger partial charge in [0.25, 0.3) is 0 Å². The molecule has 0 heterocycles. The summed E-state index contributed by atoms with van der Waals surface area (Å²) >= 11 is 0. The van der Waals surface area contributed by atoms with Gasteiger partial charge in [0, 0.05) is 18.8 Å². The molecule has 0 spiro atoms. The number of amides is 2. The van der Waals surface area contributed by atoms with Gasteiger partial charge < -0.3 is 31.9 Å². The Bertz CT molecular complexity index is 1480. The molecule has 0 saturated heterocycles. The molecular weight excluding hydrogens is 594 g/mol. The predicted molar refractivity (Wildman–Crippen MR) is 177 cm³/mol. The number of aliphatic carboxylic acids is 1. The van der Waals surface area contributed by atoms with Crippen LogP contribution in [0.3, 0.4) is 0 Å². The smallest absolute Gasteiger partial charge is 0.326 e. The first-order valence-electron chi connectivity index (χ1n) is 14.6. The first kappa shape index (κ1) is 34.7. The fourth-order valence-electron chi connectivity index (χ4n) is 5.50. The molecule has 4 rings (SSSR count). The van der Waals surface area contributed by atoms with Crippen LogP contribution in [0, 0.1) is 0 Å². The molecule has 0 aliphatic heterocycles. The van der Waals surface area contributed by atoms with Crippen molar-refractivity contribution in [1.29, 1.82) is 0 Å². The van der Waals surface area contributed by atoms with Crippen LogP contribution in [0.15, 0.2) is 90.4 Å². The fraction of sp³-hybridized carbons (Fsp3) is 0.294. The maximum Gasteiger partial charge on any atom is 0.326 e. The molecule has 0 aromatic heterocycles. The minimum absolute atomic E-state index is 0. The van der Waals surface area contributed by atoms with Gasteiger partial charge in [0.1, 0.15) is 24.4 Å². The number of guanidine groups is 1. The standard InChI is InChI=1S/C34H39N5O5.ClH/c1-3-18-44-23-15-13-22(14-16-23)19-30(33(42)43)39-32(41)29(17-12-21(2)37-34(35)36)38-31(40)20-28-26-10-6-4-8-24(26)25-9-5-7-11-27(25)28;/h3-11,13-16,21,28-30H,1,12,17-20H2,2H3,(H,38,40)(H,39,41)(H,42,43)(H4,35,36,37);1H/t21?,29-,30+;/m1./s1. The number of fused-ring (bicyclic) bond motifs is 3. The second-order valence-corrected chi connectivity index (χ2v) is 10.9. The van der Waals surface area contributed by atoms with E-state index in [1.54, 1.807) is 37.3 Å². The van der Waals surface area contributed by atoms with Crippen LogP contribution in [0.1, 0.15) is 48.8 Å². The first-order valence-corrected chi connectivity index (χ1v) is 14.6. The summed E-state index contributed by atoms with van der Waals surface area (Å²) < 4.78 is 5.48. The van der Waals surface area contributed by atoms with Gasteiger partial charge in [-0.1, -0.05) is 73.3 Å². The summed E-state index contributed by atoms with van der Waals surface area (Å²) in [5, 5.41) is 15.4. The molecule has 1 unspecified atom stereocenters. The molecule has 1 aliphatic rings. The van der Waals surface area contributed by atoms with E-state index in [-0.39, 0.29) is 55.5 Å². The number of halogens is 1. The van der Waals surface area contributed by atoms with Crippen LogP contribution in [-0.2, 0) is 20.8 Å². The van der Waals surface area contributed by atoms with Gasteiger partial charge in [-0.15, -0.1) is 12.4 Å². The molecule has 3 aromatic carbocycles. The summed E-state index contributed by atoms with van der Waals surface area (Å²) in [7, 11) is 0. The van der Waals surface area contributed by atoms with Crippen molar-refractivity contribution in [1.82, 2.24) is 10.6 Å². The number of carbonyl (C=O) groups is 3. The molecule has 3 aromatic rings. The summed E-state index contributed by atoms with van der Waals surface area (Å²) in [6.45, 7) is 5.76. The molecule has 1 aliphatic carbocycles. The van der Waals surface area contributed by atoms with Crippen LogP contribution in [-0.4, -0.2) is 53.6 Å². The van der Waals surface area contributed by atoms with E-state index in [0.29, 0.717) is 24.3 Å². The second kappa shape index (κ2) is 16.3. The fourth-order valence-corrected chi connectivity index (χ4v) is 5.50. The van der Waals surface area contributed by atoms with E-state index < -0.39 is 24.0 Å². The van der Waals surface area contributed by atoms with Gasteiger partial charge in [0.15, 0.2) is 5.96 Å². The molecule has 0 fully saturated rings. The molecule has 0 radical (unpaired) electrons. The Morgan fingerprint density at radius 3 is 2.09 bits per heavy atom. The number of carbonyl (C=O) groups excluding carboxylic acids is 2. The zero-order valence-electron chi connectivity index (χ0n) is 25.1. The highest BCUT2D eigenvalue weighted by Crippen LogP contribution is 2.46. The molecule has 2 amide bonds. The summed E-state index contributed by atoms with van der Waals surface area (Å²) in [5.41, 5.74) is 16.0. The van der Waals surface area contributed by atoms with Crippen molar-refractivity contribution >= 4 is 36.2 Å². The molecule has 10 nitrogen and oxygen atoms in total. The van der Waals surface area contributed by atoms with Crippen molar-refractivity contribution in [2.45, 2.75) is 56.7 Å². The van der Waals surface area contributed by atoms with Crippen molar-refractivity contribution in [3.63, 3.8) is 0 Å². The largest absolute Gasteiger partial charge is 0.490 e. The number of carboxylic acids is 1. The van der Waals surface area contributed by atoms with E-state index in [1.807, 2.05) is 48.5 Å². The minimum atomic E-state index is -1.22. The van der Waals surface area contributed by atoms with Gasteiger partial charge >= 0.3 is 5.97 Å². The van der Waals surface area contributed by atoms with Gasteiger partial charge in [-0.25, -0.2) is 4.79 Å². The average Bonchev–Trinajstić information content (AvgIpc) is 3.31. The van der Waals surface area contributed by atoms with Crippen molar-refractivity contribution in [2.75, 3.05) is 6.61 Å². The van der Waals surface area contributed by atoms with E-state index in [4.69, 9.17) is 16.2 Å². The van der Waals surface area contributed by atoms with Crippen molar-refractivity contribution in [3.8, 4) is 16.9 Å². The average molecular weight is 634 g/mol. The van der Waals surface area contributed by atoms with Gasteiger partial charge in [0.05, 0.1) is 6.04 Å². The van der Waals surface area contributed by atoms with Crippen LogP contribution < -0.4 is 26.8 Å². The van der Waals surface area contributed by atoms with Gasteiger partial charge in [0.2, 0.25) is 11.8 Å². The lowest BCUT2D eigenvalue weighted by Gasteiger charge is -2.23. The van der Waals surface area contributed by atoms with E-state index in [2.05, 4.69) is 22.2 Å². The summed E-state index contributed by atoms with van der Waals surface area (Å²) in [6, 6.07) is 20.4. The summed E-state index contributed by atoms with van der Waals surface area (Å²) in [6.07, 6.45) is 2.39. The third kappa shape index (κ3) is 9.33. The molecule has 3 atom stereocenters. The van der Waals surface area contributed by atoms with Crippen LogP contribution in [0.25, 0.3) is 11.1 Å². The van der Waals surface area contributed by atoms with Gasteiger partial charge in [-0.05, 0) is 59.7 Å². The molecule has 45 heavy (non-hydrogen) atoms. The Morgan fingerprint density at radius 1 is 0.933 bits per heavy atom. The van der Waals surface area contributed by atoms with E-state index in [9.17, 15) is 19.5 Å². The number of aliphatic imine (C=N–C) groups is 1. The molecule has 7 N–H and O–H groups in total. The third-order valence-electron chi connectivity index (χ3n) is 7.59. The van der Waals surface area contributed by atoms with Crippen LogP contribution in [0.5, 0.6) is 5.75 Å². The maximum atomic E-state index is 13.5. The number of ether oxygens (including phenoxy) is 1. The van der Waals surface area contributed by atoms with Gasteiger partial charge in [-0.2, -0.15) is 0 Å². The predicted octanol–water partition coefficient (Wildman–Crippen LogP) is 3.91. The number of nitrogens with zero attached hydrogens (tertiary/aromatic N) is 1. The molecular formula is C34H40ClN5O5. The summed E-state index contributed by atoms with van der Waals surface area (Å²) in [4.78, 5) is 43.3. The Hall–Kier alpha value is -4.83. The number of carboxylic acid groups (broad SMARTS) is 1. The highest BCUT2D eigenvalue weighted by atomic mass is 35.5. The van der Waals surface area contributed by atoms with Crippen molar-refractivity contribution in [3.05, 3.63) is 102 Å². The lowest BCUT2D eigenvalue weighted by molar-refractivity contribution is -0.142. The van der Waals surface area contributed by atoms with Crippen LogP contribution in [0.2, 0.25) is 0 Å². The Morgan fingerprint density at radius 2 is 1.53 bits per heavy atom. The number of nitrogens with two attached hydrogens (primary N) is 2. The highest BCUT2D eigenvalue weighted by molar-refractivity contribution is 5.91. The highest BCUT2D eigenvalue weighted by Gasteiger charge is 2.32.